The fourth-order valence-corrected chi connectivity index (χ4v) is 2.06. The molecule has 3 nitrogen and oxygen atoms in total. The standard InChI is InChI=1S/C14H18O3/c1-9(2)12-5-4-11(8-10(12)3)17-14(6-7-14)13(15)16/h4-5,8-9H,6-7H2,1-3H3,(H,15,16). The third-order valence-electron chi connectivity index (χ3n) is 3.27. The molecule has 0 bridgehead atoms. The summed E-state index contributed by atoms with van der Waals surface area (Å²) in [6.45, 7) is 6.31. The van der Waals surface area contributed by atoms with Crippen molar-refractivity contribution in [1.29, 1.82) is 0 Å². The summed E-state index contributed by atoms with van der Waals surface area (Å²) in [6, 6.07) is 5.82. The van der Waals surface area contributed by atoms with Crippen LogP contribution in [0.5, 0.6) is 5.75 Å². The van der Waals surface area contributed by atoms with Gasteiger partial charge in [-0.3, -0.25) is 0 Å². The van der Waals surface area contributed by atoms with E-state index in [0.29, 0.717) is 24.5 Å². The van der Waals surface area contributed by atoms with E-state index in [4.69, 9.17) is 9.84 Å². The van der Waals surface area contributed by atoms with Gasteiger partial charge in [0, 0.05) is 12.8 Å². The van der Waals surface area contributed by atoms with E-state index in [1.807, 2.05) is 25.1 Å². The second kappa shape index (κ2) is 4.06. The van der Waals surface area contributed by atoms with Gasteiger partial charge in [-0.1, -0.05) is 19.9 Å². The number of carboxylic acid groups (broad SMARTS) is 1. The fraction of sp³-hybridized carbons (Fsp3) is 0.500. The molecular formula is C14H18O3. The molecule has 0 spiro atoms. The van der Waals surface area contributed by atoms with Crippen molar-refractivity contribution in [1.82, 2.24) is 0 Å². The molecule has 0 radical (unpaired) electrons. The highest BCUT2D eigenvalue weighted by Crippen LogP contribution is 2.41. The summed E-state index contributed by atoms with van der Waals surface area (Å²) in [5, 5.41) is 9.05. The van der Waals surface area contributed by atoms with E-state index in [0.717, 1.165) is 5.56 Å². The quantitative estimate of drug-likeness (QED) is 0.870. The van der Waals surface area contributed by atoms with Gasteiger partial charge in [0.05, 0.1) is 0 Å². The molecule has 92 valence electrons. The van der Waals surface area contributed by atoms with E-state index in [-0.39, 0.29) is 0 Å². The van der Waals surface area contributed by atoms with E-state index in [1.165, 1.54) is 5.56 Å². The number of carboxylic acids is 1. The van der Waals surface area contributed by atoms with Gasteiger partial charge < -0.3 is 9.84 Å². The van der Waals surface area contributed by atoms with Gasteiger partial charge in [0.15, 0.2) is 0 Å². The lowest BCUT2D eigenvalue weighted by Crippen LogP contribution is -2.29. The van der Waals surface area contributed by atoms with Crippen LogP contribution in [-0.2, 0) is 4.79 Å². The normalized spacial score (nSPS) is 16.9. The molecule has 0 atom stereocenters. The molecule has 0 aromatic heterocycles. The minimum absolute atomic E-state index is 0.471. The van der Waals surface area contributed by atoms with E-state index < -0.39 is 11.6 Å². The summed E-state index contributed by atoms with van der Waals surface area (Å²) in [6.07, 6.45) is 1.21. The predicted octanol–water partition coefficient (Wildman–Crippen LogP) is 3.11. The van der Waals surface area contributed by atoms with Crippen molar-refractivity contribution in [3.05, 3.63) is 29.3 Å². The molecule has 1 aromatic carbocycles. The number of carbonyl (C=O) groups is 1. The van der Waals surface area contributed by atoms with Crippen LogP contribution in [0.2, 0.25) is 0 Å². The Kier molecular flexibility index (Phi) is 2.86. The lowest BCUT2D eigenvalue weighted by molar-refractivity contribution is -0.147. The molecule has 1 saturated carbocycles. The first-order valence-electron chi connectivity index (χ1n) is 5.97. The van der Waals surface area contributed by atoms with Gasteiger partial charge >= 0.3 is 5.97 Å². The van der Waals surface area contributed by atoms with Gasteiger partial charge in [0.1, 0.15) is 5.75 Å². The molecule has 1 aliphatic carbocycles. The van der Waals surface area contributed by atoms with Crippen LogP contribution >= 0.6 is 0 Å². The Morgan fingerprint density at radius 3 is 2.47 bits per heavy atom. The van der Waals surface area contributed by atoms with Crippen molar-refractivity contribution >= 4 is 5.97 Å². The molecule has 1 fully saturated rings. The molecule has 0 unspecified atom stereocenters. The smallest absolute Gasteiger partial charge is 0.348 e. The van der Waals surface area contributed by atoms with Gasteiger partial charge in [-0.05, 0) is 36.1 Å². The summed E-state index contributed by atoms with van der Waals surface area (Å²) < 4.78 is 5.59. The topological polar surface area (TPSA) is 46.5 Å². The first kappa shape index (κ1) is 12.0. The van der Waals surface area contributed by atoms with Crippen molar-refractivity contribution in [3.8, 4) is 5.75 Å². The maximum absolute atomic E-state index is 11.0. The van der Waals surface area contributed by atoms with Crippen LogP contribution in [0.1, 0.15) is 43.7 Å². The third kappa shape index (κ3) is 2.28. The molecule has 2 rings (SSSR count). The number of aliphatic carboxylic acids is 1. The van der Waals surface area contributed by atoms with Crippen molar-refractivity contribution in [2.24, 2.45) is 0 Å². The van der Waals surface area contributed by atoms with Crippen molar-refractivity contribution in [2.45, 2.75) is 45.1 Å². The van der Waals surface area contributed by atoms with Gasteiger partial charge in [0.2, 0.25) is 5.60 Å². The Morgan fingerprint density at radius 1 is 1.41 bits per heavy atom. The Hall–Kier alpha value is -1.51. The summed E-state index contributed by atoms with van der Waals surface area (Å²) >= 11 is 0. The average Bonchev–Trinajstić information content (AvgIpc) is 2.98. The van der Waals surface area contributed by atoms with Crippen LogP contribution in [0.15, 0.2) is 18.2 Å². The van der Waals surface area contributed by atoms with Crippen molar-refractivity contribution < 1.29 is 14.6 Å². The van der Waals surface area contributed by atoms with Crippen LogP contribution in [-0.4, -0.2) is 16.7 Å². The highest BCUT2D eigenvalue weighted by atomic mass is 16.5. The van der Waals surface area contributed by atoms with Gasteiger partial charge in [-0.15, -0.1) is 0 Å². The number of benzene rings is 1. The van der Waals surface area contributed by atoms with E-state index >= 15 is 0 Å². The van der Waals surface area contributed by atoms with Crippen LogP contribution in [0, 0.1) is 6.92 Å². The summed E-state index contributed by atoms with van der Waals surface area (Å²) in [7, 11) is 0. The molecule has 0 heterocycles. The Labute approximate surface area is 101 Å². The molecule has 17 heavy (non-hydrogen) atoms. The minimum Gasteiger partial charge on any atom is -0.478 e. The van der Waals surface area contributed by atoms with E-state index in [2.05, 4.69) is 13.8 Å². The highest BCUT2D eigenvalue weighted by Gasteiger charge is 2.53. The third-order valence-corrected chi connectivity index (χ3v) is 3.27. The molecule has 0 saturated heterocycles. The Bertz CT molecular complexity index is 445. The Morgan fingerprint density at radius 2 is 2.06 bits per heavy atom. The highest BCUT2D eigenvalue weighted by molar-refractivity contribution is 5.81. The lowest BCUT2D eigenvalue weighted by atomic mass is 9.98. The molecule has 1 N–H and O–H groups in total. The van der Waals surface area contributed by atoms with Crippen LogP contribution < -0.4 is 4.74 Å². The summed E-state index contributed by atoms with van der Waals surface area (Å²) in [5.41, 5.74) is 1.47. The average molecular weight is 234 g/mol. The van der Waals surface area contributed by atoms with Crippen LogP contribution in [0.3, 0.4) is 0 Å². The zero-order chi connectivity index (χ0) is 12.6. The zero-order valence-electron chi connectivity index (χ0n) is 10.5. The maximum Gasteiger partial charge on any atom is 0.348 e. The molecule has 0 amide bonds. The van der Waals surface area contributed by atoms with Crippen molar-refractivity contribution in [2.75, 3.05) is 0 Å². The molecule has 1 aliphatic rings. The number of aryl methyl sites for hydroxylation is 1. The number of hydrogen-bond acceptors (Lipinski definition) is 2. The predicted molar refractivity (Wildman–Crippen MR) is 65.5 cm³/mol. The molecule has 0 aliphatic heterocycles. The largest absolute Gasteiger partial charge is 0.478 e. The molecule has 1 aromatic rings. The number of hydrogen-bond donors (Lipinski definition) is 1. The van der Waals surface area contributed by atoms with Crippen molar-refractivity contribution in [3.63, 3.8) is 0 Å². The second-order valence-corrected chi connectivity index (χ2v) is 5.07. The number of ether oxygens (including phenoxy) is 1. The van der Waals surface area contributed by atoms with E-state index in [9.17, 15) is 4.79 Å². The second-order valence-electron chi connectivity index (χ2n) is 5.07. The monoisotopic (exact) mass is 234 g/mol. The van der Waals surface area contributed by atoms with Gasteiger partial charge in [-0.2, -0.15) is 0 Å². The van der Waals surface area contributed by atoms with Gasteiger partial charge in [-0.25, -0.2) is 4.79 Å². The van der Waals surface area contributed by atoms with Crippen LogP contribution in [0.4, 0.5) is 0 Å². The minimum atomic E-state index is -0.953. The summed E-state index contributed by atoms with van der Waals surface area (Å²) in [5.74, 6) is 0.272. The van der Waals surface area contributed by atoms with Crippen LogP contribution in [0.25, 0.3) is 0 Å². The zero-order valence-corrected chi connectivity index (χ0v) is 10.5. The van der Waals surface area contributed by atoms with Gasteiger partial charge in [0.25, 0.3) is 0 Å². The lowest BCUT2D eigenvalue weighted by Gasteiger charge is -2.16. The Balaban J connectivity index is 2.19. The first-order valence-corrected chi connectivity index (χ1v) is 5.97. The fourth-order valence-electron chi connectivity index (χ4n) is 2.06. The number of rotatable bonds is 4. The summed E-state index contributed by atoms with van der Waals surface area (Å²) in [4.78, 5) is 11.0. The molecular weight excluding hydrogens is 216 g/mol. The SMILES string of the molecule is Cc1cc(OC2(C(=O)O)CC2)ccc1C(C)C. The molecule has 3 heteroatoms. The van der Waals surface area contributed by atoms with E-state index in [1.54, 1.807) is 0 Å². The maximum atomic E-state index is 11.0. The first-order chi connectivity index (χ1) is 7.94.